The van der Waals surface area contributed by atoms with E-state index < -0.39 is 21.6 Å². The number of nitriles is 1. The minimum Gasteiger partial charge on any atom is -0.322 e. The van der Waals surface area contributed by atoms with Crippen LogP contribution in [0.25, 0.3) is 5.52 Å². The van der Waals surface area contributed by atoms with Crippen molar-refractivity contribution in [1.29, 1.82) is 5.26 Å². The van der Waals surface area contributed by atoms with Gasteiger partial charge in [-0.3, -0.25) is 0 Å². The Morgan fingerprint density at radius 2 is 1.89 bits per heavy atom. The summed E-state index contributed by atoms with van der Waals surface area (Å²) in [6.07, 6.45) is -0.409. The van der Waals surface area contributed by atoms with Gasteiger partial charge in [0, 0.05) is 28.4 Å². The van der Waals surface area contributed by atoms with Crippen LogP contribution in [-0.2, 0) is 16.0 Å². The quantitative estimate of drug-likeness (QED) is 0.628. The summed E-state index contributed by atoms with van der Waals surface area (Å²) in [4.78, 5) is 0.0857. The van der Waals surface area contributed by atoms with E-state index in [1.54, 1.807) is 35.9 Å². The Bertz CT molecular complexity index is 1190. The largest absolute Gasteiger partial charge is 0.417 e. The highest BCUT2D eigenvalue weighted by Crippen LogP contribution is 2.43. The maximum Gasteiger partial charge on any atom is 0.417 e. The van der Waals surface area contributed by atoms with Crippen LogP contribution in [0.15, 0.2) is 57.4 Å². The average molecular weight is 410 g/mol. The van der Waals surface area contributed by atoms with Crippen LogP contribution in [-0.4, -0.2) is 19.1 Å². The fraction of sp³-hybridized carbons (Fsp3) is 0.167. The van der Waals surface area contributed by atoms with E-state index in [1.165, 1.54) is 12.1 Å². The number of hydrogen-bond donors (Lipinski definition) is 0. The van der Waals surface area contributed by atoms with Crippen LogP contribution >= 0.6 is 11.8 Å². The number of aromatic nitrogens is 1. The fourth-order valence-electron chi connectivity index (χ4n) is 2.64. The van der Waals surface area contributed by atoms with Crippen LogP contribution in [0.1, 0.15) is 16.7 Å². The standard InChI is InChI=1S/C18H13F3N2O2S2/c1-11-10-23-6-5-12(9-22)7-15(23)17(11)26-16-4-3-13(27(2,24)25)8-14(16)18(19,20)21/h3-8,10H,1-2H3. The van der Waals surface area contributed by atoms with Crippen LogP contribution in [0.5, 0.6) is 0 Å². The number of halogens is 3. The molecule has 4 nitrogen and oxygen atoms in total. The third kappa shape index (κ3) is 3.82. The van der Waals surface area contributed by atoms with Gasteiger partial charge in [0.25, 0.3) is 0 Å². The molecule has 0 N–H and O–H groups in total. The lowest BCUT2D eigenvalue weighted by atomic mass is 10.2. The molecule has 27 heavy (non-hydrogen) atoms. The van der Waals surface area contributed by atoms with Crippen molar-refractivity contribution in [3.8, 4) is 6.07 Å². The van der Waals surface area contributed by atoms with Crippen molar-refractivity contribution in [2.75, 3.05) is 6.26 Å². The summed E-state index contributed by atoms with van der Waals surface area (Å²) in [6.45, 7) is 1.76. The molecule has 0 spiro atoms. The molecule has 0 atom stereocenters. The van der Waals surface area contributed by atoms with Crippen molar-refractivity contribution in [2.24, 2.45) is 0 Å². The molecule has 0 aliphatic carbocycles. The SMILES string of the molecule is Cc1cn2ccc(C#N)cc2c1Sc1ccc(S(C)(=O)=O)cc1C(F)(F)F. The highest BCUT2D eigenvalue weighted by molar-refractivity contribution is 7.99. The fourth-order valence-corrected chi connectivity index (χ4v) is 4.41. The van der Waals surface area contributed by atoms with Gasteiger partial charge in [-0.05, 0) is 42.8 Å². The van der Waals surface area contributed by atoms with Gasteiger partial charge in [0.2, 0.25) is 0 Å². The molecule has 0 amide bonds. The van der Waals surface area contributed by atoms with E-state index in [4.69, 9.17) is 5.26 Å². The van der Waals surface area contributed by atoms with E-state index in [2.05, 4.69) is 0 Å². The molecule has 2 heterocycles. The molecule has 0 bridgehead atoms. The molecule has 3 aromatic rings. The first kappa shape index (κ1) is 19.3. The van der Waals surface area contributed by atoms with E-state index in [0.29, 0.717) is 22.0 Å². The lowest BCUT2D eigenvalue weighted by Gasteiger charge is -2.14. The summed E-state index contributed by atoms with van der Waals surface area (Å²) in [6, 6.07) is 8.22. The smallest absolute Gasteiger partial charge is 0.322 e. The maximum absolute atomic E-state index is 13.5. The normalized spacial score (nSPS) is 12.3. The molecule has 0 saturated carbocycles. The van der Waals surface area contributed by atoms with Gasteiger partial charge in [0.05, 0.1) is 27.6 Å². The number of alkyl halides is 3. The number of nitrogens with zero attached hydrogens (tertiary/aromatic N) is 2. The van der Waals surface area contributed by atoms with E-state index in [0.717, 1.165) is 23.6 Å². The monoisotopic (exact) mass is 410 g/mol. The zero-order valence-electron chi connectivity index (χ0n) is 14.2. The van der Waals surface area contributed by atoms with Crippen molar-refractivity contribution in [1.82, 2.24) is 4.40 Å². The predicted molar refractivity (Wildman–Crippen MR) is 95.5 cm³/mol. The molecule has 3 rings (SSSR count). The Kier molecular flexibility index (Phi) is 4.74. The molecule has 1 aromatic carbocycles. The Labute approximate surface area is 158 Å². The lowest BCUT2D eigenvalue weighted by molar-refractivity contribution is -0.139. The second-order valence-electron chi connectivity index (χ2n) is 5.99. The lowest BCUT2D eigenvalue weighted by Crippen LogP contribution is -2.09. The second-order valence-corrected chi connectivity index (χ2v) is 9.06. The number of sulfone groups is 1. The second kappa shape index (κ2) is 6.62. The molecule has 0 radical (unpaired) electrons. The molecule has 0 unspecified atom stereocenters. The highest BCUT2D eigenvalue weighted by Gasteiger charge is 2.35. The van der Waals surface area contributed by atoms with E-state index in [1.807, 2.05) is 6.07 Å². The molecule has 140 valence electrons. The number of fused-ring (bicyclic) bond motifs is 1. The van der Waals surface area contributed by atoms with Gasteiger partial charge in [-0.2, -0.15) is 18.4 Å². The first-order chi connectivity index (χ1) is 12.5. The topological polar surface area (TPSA) is 62.3 Å². The number of hydrogen-bond acceptors (Lipinski definition) is 4. The van der Waals surface area contributed by atoms with Gasteiger partial charge in [-0.15, -0.1) is 0 Å². The van der Waals surface area contributed by atoms with Crippen LogP contribution in [0.2, 0.25) is 0 Å². The summed E-state index contributed by atoms with van der Waals surface area (Å²) in [5.41, 5.74) is 0.740. The average Bonchev–Trinajstić information content (AvgIpc) is 2.88. The van der Waals surface area contributed by atoms with Crippen molar-refractivity contribution >= 4 is 27.1 Å². The molecule has 0 saturated heterocycles. The van der Waals surface area contributed by atoms with Crippen molar-refractivity contribution in [3.63, 3.8) is 0 Å². The summed E-state index contributed by atoms with van der Waals surface area (Å²) in [5, 5.41) is 9.07. The Morgan fingerprint density at radius 3 is 2.48 bits per heavy atom. The Hall–Kier alpha value is -2.44. The van der Waals surface area contributed by atoms with E-state index in [-0.39, 0.29) is 9.79 Å². The molecule has 0 aliphatic rings. The van der Waals surface area contributed by atoms with Gasteiger partial charge in [-0.25, -0.2) is 8.42 Å². The van der Waals surface area contributed by atoms with E-state index in [9.17, 15) is 21.6 Å². The number of rotatable bonds is 3. The summed E-state index contributed by atoms with van der Waals surface area (Å²) < 4.78 is 65.6. The van der Waals surface area contributed by atoms with Gasteiger partial charge in [-0.1, -0.05) is 11.8 Å². The van der Waals surface area contributed by atoms with Crippen LogP contribution in [0.3, 0.4) is 0 Å². The van der Waals surface area contributed by atoms with Crippen LogP contribution < -0.4 is 0 Å². The highest BCUT2D eigenvalue weighted by atomic mass is 32.2. The zero-order chi connectivity index (χ0) is 20.0. The molecule has 2 aromatic heterocycles. The van der Waals surface area contributed by atoms with Crippen molar-refractivity contribution in [3.05, 3.63) is 59.4 Å². The summed E-state index contributed by atoms with van der Waals surface area (Å²) in [7, 11) is -3.77. The Morgan fingerprint density at radius 1 is 1.19 bits per heavy atom. The minimum atomic E-state index is -4.70. The molecule has 0 aliphatic heterocycles. The zero-order valence-corrected chi connectivity index (χ0v) is 15.8. The minimum absolute atomic E-state index is 0.103. The molecular formula is C18H13F3N2O2S2. The number of aryl methyl sites for hydroxylation is 1. The third-order valence-electron chi connectivity index (χ3n) is 3.93. The third-order valence-corrected chi connectivity index (χ3v) is 6.36. The van der Waals surface area contributed by atoms with Crippen LogP contribution in [0.4, 0.5) is 13.2 Å². The first-order valence-electron chi connectivity index (χ1n) is 7.61. The molecule has 9 heteroatoms. The van der Waals surface area contributed by atoms with Crippen LogP contribution in [0, 0.1) is 18.3 Å². The molecule has 0 fully saturated rings. The maximum atomic E-state index is 13.5. The summed E-state index contributed by atoms with van der Waals surface area (Å²) >= 11 is 0.897. The van der Waals surface area contributed by atoms with Crippen molar-refractivity contribution in [2.45, 2.75) is 27.8 Å². The van der Waals surface area contributed by atoms with Gasteiger partial charge < -0.3 is 4.40 Å². The predicted octanol–water partition coefficient (Wildman–Crippen LogP) is 4.69. The Balaban J connectivity index is 2.17. The number of pyridine rings is 1. The van der Waals surface area contributed by atoms with Gasteiger partial charge >= 0.3 is 6.18 Å². The number of benzene rings is 1. The first-order valence-corrected chi connectivity index (χ1v) is 10.3. The van der Waals surface area contributed by atoms with Crippen molar-refractivity contribution < 1.29 is 21.6 Å². The van der Waals surface area contributed by atoms with Gasteiger partial charge in [0.15, 0.2) is 9.84 Å². The van der Waals surface area contributed by atoms with Gasteiger partial charge in [0.1, 0.15) is 0 Å². The molecular weight excluding hydrogens is 397 g/mol. The van der Waals surface area contributed by atoms with E-state index >= 15 is 0 Å². The summed E-state index contributed by atoms with van der Waals surface area (Å²) in [5.74, 6) is 0.